The molecule has 1 amide bonds. The van der Waals surface area contributed by atoms with Crippen LogP contribution in [0.2, 0.25) is 0 Å². The fourth-order valence-corrected chi connectivity index (χ4v) is 2.33. The van der Waals surface area contributed by atoms with E-state index in [4.69, 9.17) is 4.74 Å². The molecule has 1 atom stereocenters. The Kier molecular flexibility index (Phi) is 4.17. The second kappa shape index (κ2) is 5.70. The van der Waals surface area contributed by atoms with Crippen LogP contribution in [0.3, 0.4) is 0 Å². The maximum Gasteiger partial charge on any atom is 0.243 e. The Balaban J connectivity index is 1.99. The highest BCUT2D eigenvalue weighted by molar-refractivity contribution is 5.87. The molecule has 2 rings (SSSR count). The quantitative estimate of drug-likeness (QED) is 0.860. The second-order valence-corrected chi connectivity index (χ2v) is 6.26. The normalized spacial score (nSPS) is 17.9. The van der Waals surface area contributed by atoms with Crippen LogP contribution in [0.25, 0.3) is 0 Å². The van der Waals surface area contributed by atoms with Gasteiger partial charge < -0.3 is 10.1 Å². The summed E-state index contributed by atoms with van der Waals surface area (Å²) < 4.78 is 5.86. The topological polar surface area (TPSA) is 38.3 Å². The summed E-state index contributed by atoms with van der Waals surface area (Å²) in [6.45, 7) is 9.00. The van der Waals surface area contributed by atoms with Crippen LogP contribution in [-0.2, 0) is 16.6 Å². The average molecular weight is 273 g/mol. The van der Waals surface area contributed by atoms with Gasteiger partial charge in [0.15, 0.2) is 0 Å². The molecule has 0 aromatic heterocycles. The highest BCUT2D eigenvalue weighted by Gasteiger charge is 2.25. The SMILES string of the molecule is C/C=C/C(=O)NC[C@@H]1Cc2cc(C(C)(C)C)ccc2O1. The van der Waals surface area contributed by atoms with Gasteiger partial charge in [-0.3, -0.25) is 4.79 Å². The van der Waals surface area contributed by atoms with E-state index in [1.807, 2.05) is 13.0 Å². The molecule has 1 aromatic carbocycles. The Hall–Kier alpha value is -1.77. The number of ether oxygens (including phenoxy) is 1. The lowest BCUT2D eigenvalue weighted by Gasteiger charge is -2.19. The van der Waals surface area contributed by atoms with Gasteiger partial charge in [-0.25, -0.2) is 0 Å². The van der Waals surface area contributed by atoms with Gasteiger partial charge in [0.25, 0.3) is 0 Å². The Morgan fingerprint density at radius 2 is 2.20 bits per heavy atom. The van der Waals surface area contributed by atoms with Crippen LogP contribution in [0.4, 0.5) is 0 Å². The van der Waals surface area contributed by atoms with Crippen LogP contribution in [-0.4, -0.2) is 18.6 Å². The van der Waals surface area contributed by atoms with Crippen LogP contribution < -0.4 is 10.1 Å². The third kappa shape index (κ3) is 3.41. The van der Waals surface area contributed by atoms with E-state index in [-0.39, 0.29) is 17.4 Å². The summed E-state index contributed by atoms with van der Waals surface area (Å²) >= 11 is 0. The Morgan fingerprint density at radius 1 is 1.45 bits per heavy atom. The molecular formula is C17H23NO2. The first kappa shape index (κ1) is 14.6. The molecule has 0 spiro atoms. The van der Waals surface area contributed by atoms with Gasteiger partial charge in [0.05, 0.1) is 6.54 Å². The number of allylic oxidation sites excluding steroid dienone is 1. The minimum atomic E-state index is -0.0672. The molecule has 20 heavy (non-hydrogen) atoms. The lowest BCUT2D eigenvalue weighted by atomic mass is 9.86. The Morgan fingerprint density at radius 3 is 2.85 bits per heavy atom. The third-order valence-electron chi connectivity index (χ3n) is 3.49. The number of amides is 1. The van der Waals surface area contributed by atoms with Gasteiger partial charge in [0.1, 0.15) is 11.9 Å². The molecule has 0 saturated heterocycles. The second-order valence-electron chi connectivity index (χ2n) is 6.26. The van der Waals surface area contributed by atoms with Gasteiger partial charge in [0, 0.05) is 6.42 Å². The number of fused-ring (bicyclic) bond motifs is 1. The number of hydrogen-bond donors (Lipinski definition) is 1. The molecule has 1 N–H and O–H groups in total. The van der Waals surface area contributed by atoms with Crippen LogP contribution >= 0.6 is 0 Å². The number of rotatable bonds is 3. The van der Waals surface area contributed by atoms with Crippen molar-refractivity contribution in [3.8, 4) is 5.75 Å². The average Bonchev–Trinajstić information content (AvgIpc) is 2.77. The molecule has 0 bridgehead atoms. The summed E-state index contributed by atoms with van der Waals surface area (Å²) in [6.07, 6.45) is 4.15. The summed E-state index contributed by atoms with van der Waals surface area (Å²) in [5, 5.41) is 2.85. The van der Waals surface area contributed by atoms with E-state index in [1.165, 1.54) is 17.2 Å². The van der Waals surface area contributed by atoms with E-state index in [0.29, 0.717) is 6.54 Å². The van der Waals surface area contributed by atoms with Crippen molar-refractivity contribution in [2.75, 3.05) is 6.54 Å². The maximum absolute atomic E-state index is 11.4. The largest absolute Gasteiger partial charge is 0.488 e. The number of nitrogens with one attached hydrogen (secondary N) is 1. The van der Waals surface area contributed by atoms with E-state index >= 15 is 0 Å². The van der Waals surface area contributed by atoms with Crippen molar-refractivity contribution in [1.29, 1.82) is 0 Å². The van der Waals surface area contributed by atoms with E-state index in [1.54, 1.807) is 6.08 Å². The predicted octanol–water partition coefficient (Wildman–Crippen LogP) is 2.98. The molecular weight excluding hydrogens is 250 g/mol. The zero-order chi connectivity index (χ0) is 14.8. The van der Waals surface area contributed by atoms with E-state index < -0.39 is 0 Å². The highest BCUT2D eigenvalue weighted by Crippen LogP contribution is 2.33. The fourth-order valence-electron chi connectivity index (χ4n) is 2.33. The van der Waals surface area contributed by atoms with Crippen molar-refractivity contribution in [2.45, 2.75) is 45.6 Å². The molecule has 0 aliphatic carbocycles. The monoisotopic (exact) mass is 273 g/mol. The summed E-state index contributed by atoms with van der Waals surface area (Å²) in [5.41, 5.74) is 2.70. The number of carbonyl (C=O) groups excluding carboxylic acids is 1. The number of hydrogen-bond acceptors (Lipinski definition) is 2. The summed E-state index contributed by atoms with van der Waals surface area (Å²) in [7, 11) is 0. The first-order chi connectivity index (χ1) is 9.40. The number of carbonyl (C=O) groups is 1. The zero-order valence-corrected chi connectivity index (χ0v) is 12.7. The molecule has 0 saturated carbocycles. The molecule has 0 unspecified atom stereocenters. The molecule has 3 nitrogen and oxygen atoms in total. The smallest absolute Gasteiger partial charge is 0.243 e. The standard InChI is InChI=1S/C17H23NO2/c1-5-6-16(19)18-11-14-10-12-9-13(17(2,3)4)7-8-15(12)20-14/h5-9,14H,10-11H2,1-4H3,(H,18,19)/b6-5+/t14-/m0/s1. The van der Waals surface area contributed by atoms with Crippen LogP contribution in [0.1, 0.15) is 38.8 Å². The van der Waals surface area contributed by atoms with Crippen molar-refractivity contribution >= 4 is 5.91 Å². The van der Waals surface area contributed by atoms with E-state index in [0.717, 1.165) is 12.2 Å². The highest BCUT2D eigenvalue weighted by atomic mass is 16.5. The van der Waals surface area contributed by atoms with Crippen LogP contribution in [0.15, 0.2) is 30.4 Å². The first-order valence-electron chi connectivity index (χ1n) is 7.10. The van der Waals surface area contributed by atoms with Gasteiger partial charge in [-0.15, -0.1) is 0 Å². The molecule has 1 aliphatic heterocycles. The summed E-state index contributed by atoms with van der Waals surface area (Å²) in [6, 6.07) is 6.40. The number of benzene rings is 1. The van der Waals surface area contributed by atoms with E-state index in [9.17, 15) is 4.79 Å². The lowest BCUT2D eigenvalue weighted by molar-refractivity contribution is -0.116. The molecule has 1 heterocycles. The van der Waals surface area contributed by atoms with Crippen LogP contribution in [0, 0.1) is 0 Å². The Bertz CT molecular complexity index is 526. The van der Waals surface area contributed by atoms with Crippen LogP contribution in [0.5, 0.6) is 5.75 Å². The van der Waals surface area contributed by atoms with Gasteiger partial charge >= 0.3 is 0 Å². The molecule has 1 aromatic rings. The minimum Gasteiger partial charge on any atom is -0.488 e. The van der Waals surface area contributed by atoms with Crippen molar-refractivity contribution in [3.05, 3.63) is 41.5 Å². The fraction of sp³-hybridized carbons (Fsp3) is 0.471. The Labute approximate surface area is 121 Å². The summed E-state index contributed by atoms with van der Waals surface area (Å²) in [5.74, 6) is 0.880. The van der Waals surface area contributed by atoms with E-state index in [2.05, 4.69) is 38.2 Å². The van der Waals surface area contributed by atoms with Crippen molar-refractivity contribution in [3.63, 3.8) is 0 Å². The van der Waals surface area contributed by atoms with Gasteiger partial charge in [0.2, 0.25) is 5.91 Å². The predicted molar refractivity (Wildman–Crippen MR) is 81.1 cm³/mol. The van der Waals surface area contributed by atoms with Gasteiger partial charge in [-0.05, 0) is 35.6 Å². The molecule has 1 aliphatic rings. The van der Waals surface area contributed by atoms with Crippen molar-refractivity contribution in [1.82, 2.24) is 5.32 Å². The van der Waals surface area contributed by atoms with Gasteiger partial charge in [-0.2, -0.15) is 0 Å². The van der Waals surface area contributed by atoms with Gasteiger partial charge in [-0.1, -0.05) is 39.0 Å². The summed E-state index contributed by atoms with van der Waals surface area (Å²) in [4.78, 5) is 11.4. The minimum absolute atomic E-state index is 0.0365. The molecule has 108 valence electrons. The lowest BCUT2D eigenvalue weighted by Crippen LogP contribution is -2.33. The molecule has 3 heteroatoms. The van der Waals surface area contributed by atoms with Crippen molar-refractivity contribution in [2.24, 2.45) is 0 Å². The molecule has 0 fully saturated rings. The zero-order valence-electron chi connectivity index (χ0n) is 12.7. The first-order valence-corrected chi connectivity index (χ1v) is 7.10. The third-order valence-corrected chi connectivity index (χ3v) is 3.49. The molecule has 0 radical (unpaired) electrons. The van der Waals surface area contributed by atoms with Crippen molar-refractivity contribution < 1.29 is 9.53 Å². The maximum atomic E-state index is 11.4.